The van der Waals surface area contributed by atoms with Crippen molar-refractivity contribution in [3.63, 3.8) is 0 Å². The minimum Gasteiger partial charge on any atom is -0.457 e. The summed E-state index contributed by atoms with van der Waals surface area (Å²) in [5, 5.41) is 14.3. The summed E-state index contributed by atoms with van der Waals surface area (Å²) in [6, 6.07) is 17.1. The van der Waals surface area contributed by atoms with E-state index in [-0.39, 0.29) is 5.91 Å². The number of aromatic nitrogens is 3. The lowest BCUT2D eigenvalue weighted by atomic mass is 10.1. The van der Waals surface area contributed by atoms with Gasteiger partial charge in [0.1, 0.15) is 11.5 Å². The number of hydrogen-bond acceptors (Lipinski definition) is 5. The Kier molecular flexibility index (Phi) is 5.11. The van der Waals surface area contributed by atoms with E-state index in [0.29, 0.717) is 23.2 Å². The first-order chi connectivity index (χ1) is 13.3. The van der Waals surface area contributed by atoms with Gasteiger partial charge in [-0.2, -0.15) is 0 Å². The second-order valence-electron chi connectivity index (χ2n) is 6.46. The van der Waals surface area contributed by atoms with E-state index >= 15 is 0 Å². The molecule has 138 valence electrons. The number of nitrogens with one attached hydrogen (secondary N) is 2. The molecular formula is C20H21N5O2. The molecule has 1 aliphatic heterocycles. The average molecular weight is 363 g/mol. The number of nitrogens with zero attached hydrogens (tertiary/aromatic N) is 3. The number of hydrogen-bond donors (Lipinski definition) is 2. The Bertz CT molecular complexity index is 886. The third-order valence-electron chi connectivity index (χ3n) is 4.52. The molecule has 4 rings (SSSR count). The highest BCUT2D eigenvalue weighted by atomic mass is 16.5. The van der Waals surface area contributed by atoms with Crippen LogP contribution in [-0.4, -0.2) is 34.0 Å². The van der Waals surface area contributed by atoms with Crippen LogP contribution >= 0.6 is 0 Å². The van der Waals surface area contributed by atoms with Crippen molar-refractivity contribution in [2.24, 2.45) is 0 Å². The quantitative estimate of drug-likeness (QED) is 0.727. The van der Waals surface area contributed by atoms with Gasteiger partial charge in [0.15, 0.2) is 5.69 Å². The molecule has 1 saturated heterocycles. The van der Waals surface area contributed by atoms with Crippen LogP contribution in [0.4, 0.5) is 5.69 Å². The van der Waals surface area contributed by atoms with Crippen LogP contribution < -0.4 is 15.4 Å². The number of benzene rings is 2. The number of rotatable bonds is 5. The molecule has 2 heterocycles. The number of ether oxygens (including phenoxy) is 1. The first-order valence-electron chi connectivity index (χ1n) is 9.05. The van der Waals surface area contributed by atoms with Gasteiger partial charge in [-0.15, -0.1) is 5.10 Å². The molecule has 2 aromatic carbocycles. The molecule has 3 aromatic rings. The van der Waals surface area contributed by atoms with Crippen LogP contribution in [0.3, 0.4) is 0 Å². The zero-order valence-corrected chi connectivity index (χ0v) is 14.8. The molecule has 0 radical (unpaired) electrons. The summed E-state index contributed by atoms with van der Waals surface area (Å²) in [4.78, 5) is 12.4. The van der Waals surface area contributed by atoms with Crippen LogP contribution in [0.15, 0.2) is 60.8 Å². The van der Waals surface area contributed by atoms with Crippen LogP contribution in [0.2, 0.25) is 0 Å². The van der Waals surface area contributed by atoms with E-state index in [9.17, 15) is 4.79 Å². The van der Waals surface area contributed by atoms with Crippen molar-refractivity contribution in [1.29, 1.82) is 0 Å². The van der Waals surface area contributed by atoms with Crippen molar-refractivity contribution in [3.8, 4) is 11.5 Å². The first-order valence-corrected chi connectivity index (χ1v) is 9.05. The molecule has 0 saturated carbocycles. The van der Waals surface area contributed by atoms with E-state index in [0.717, 1.165) is 31.7 Å². The summed E-state index contributed by atoms with van der Waals surface area (Å²) in [7, 11) is 0. The third-order valence-corrected chi connectivity index (χ3v) is 4.52. The molecule has 2 N–H and O–H groups in total. The Labute approximate surface area is 157 Å². The second-order valence-corrected chi connectivity index (χ2v) is 6.46. The van der Waals surface area contributed by atoms with Gasteiger partial charge in [0.2, 0.25) is 0 Å². The van der Waals surface area contributed by atoms with Gasteiger partial charge in [-0.1, -0.05) is 23.4 Å². The van der Waals surface area contributed by atoms with Gasteiger partial charge in [0.05, 0.1) is 12.2 Å². The summed E-state index contributed by atoms with van der Waals surface area (Å²) in [5.41, 5.74) is 0.995. The zero-order valence-electron chi connectivity index (χ0n) is 14.8. The highest BCUT2D eigenvalue weighted by Crippen LogP contribution is 2.23. The van der Waals surface area contributed by atoms with Crippen molar-refractivity contribution in [2.45, 2.75) is 18.9 Å². The van der Waals surface area contributed by atoms with E-state index in [4.69, 9.17) is 4.74 Å². The Balaban J connectivity index is 1.37. The maximum Gasteiger partial charge on any atom is 0.277 e. The third kappa shape index (κ3) is 4.32. The molecule has 1 aromatic heterocycles. The van der Waals surface area contributed by atoms with Crippen molar-refractivity contribution in [1.82, 2.24) is 20.3 Å². The van der Waals surface area contributed by atoms with Crippen LogP contribution in [-0.2, 0) is 0 Å². The lowest BCUT2D eigenvalue weighted by molar-refractivity contribution is 0.102. The van der Waals surface area contributed by atoms with Crippen molar-refractivity contribution >= 4 is 11.6 Å². The van der Waals surface area contributed by atoms with Crippen molar-refractivity contribution in [3.05, 3.63) is 66.5 Å². The number of amides is 1. The molecule has 1 aliphatic rings. The summed E-state index contributed by atoms with van der Waals surface area (Å²) >= 11 is 0. The fourth-order valence-electron chi connectivity index (χ4n) is 3.06. The summed E-state index contributed by atoms with van der Waals surface area (Å²) in [5.74, 6) is 1.20. The monoisotopic (exact) mass is 363 g/mol. The molecule has 0 aliphatic carbocycles. The lowest BCUT2D eigenvalue weighted by Gasteiger charge is -2.22. The molecular weight excluding hydrogens is 342 g/mol. The smallest absolute Gasteiger partial charge is 0.277 e. The van der Waals surface area contributed by atoms with Gasteiger partial charge >= 0.3 is 0 Å². The molecule has 0 bridgehead atoms. The number of piperidine rings is 1. The summed E-state index contributed by atoms with van der Waals surface area (Å²) < 4.78 is 7.55. The predicted octanol–water partition coefficient (Wildman–Crippen LogP) is 3.25. The minimum absolute atomic E-state index is 0.271. The van der Waals surface area contributed by atoms with Crippen LogP contribution in [0, 0.1) is 0 Å². The Hall–Kier alpha value is -3.19. The van der Waals surface area contributed by atoms with Gasteiger partial charge in [0.25, 0.3) is 5.91 Å². The maximum absolute atomic E-state index is 12.4. The van der Waals surface area contributed by atoms with Gasteiger partial charge in [-0.25, -0.2) is 4.68 Å². The second kappa shape index (κ2) is 8.01. The lowest BCUT2D eigenvalue weighted by Crippen LogP contribution is -2.29. The molecule has 1 fully saturated rings. The molecule has 0 spiro atoms. The highest BCUT2D eigenvalue weighted by molar-refractivity contribution is 6.02. The van der Waals surface area contributed by atoms with Crippen LogP contribution in [0.25, 0.3) is 0 Å². The van der Waals surface area contributed by atoms with Crippen molar-refractivity contribution < 1.29 is 9.53 Å². The minimum atomic E-state index is -0.271. The average Bonchev–Trinajstić information content (AvgIpc) is 3.21. The molecule has 0 unspecified atom stereocenters. The Morgan fingerprint density at radius 3 is 2.48 bits per heavy atom. The molecule has 0 atom stereocenters. The molecule has 1 amide bonds. The van der Waals surface area contributed by atoms with Crippen LogP contribution in [0.1, 0.15) is 29.4 Å². The summed E-state index contributed by atoms with van der Waals surface area (Å²) in [6.07, 6.45) is 3.71. The van der Waals surface area contributed by atoms with E-state index in [1.54, 1.807) is 23.0 Å². The van der Waals surface area contributed by atoms with Gasteiger partial charge in [-0.3, -0.25) is 4.79 Å². The summed E-state index contributed by atoms with van der Waals surface area (Å²) in [6.45, 7) is 1.92. The van der Waals surface area contributed by atoms with E-state index in [1.165, 1.54) is 0 Å². The molecule has 7 nitrogen and oxygen atoms in total. The maximum atomic E-state index is 12.4. The van der Waals surface area contributed by atoms with Gasteiger partial charge < -0.3 is 15.4 Å². The molecule has 7 heteroatoms. The number of carbonyl (C=O) groups excluding carboxylic acids is 1. The fraction of sp³-hybridized carbons (Fsp3) is 0.250. The van der Waals surface area contributed by atoms with E-state index in [2.05, 4.69) is 20.9 Å². The predicted molar refractivity (Wildman–Crippen MR) is 102 cm³/mol. The van der Waals surface area contributed by atoms with Crippen LogP contribution in [0.5, 0.6) is 11.5 Å². The highest BCUT2D eigenvalue weighted by Gasteiger charge is 2.18. The number of anilines is 1. The number of carbonyl (C=O) groups is 1. The Morgan fingerprint density at radius 1 is 1.04 bits per heavy atom. The van der Waals surface area contributed by atoms with Crippen molar-refractivity contribution in [2.75, 3.05) is 18.4 Å². The zero-order chi connectivity index (χ0) is 18.5. The van der Waals surface area contributed by atoms with Gasteiger partial charge in [-0.05, 0) is 62.3 Å². The normalized spacial score (nSPS) is 14.7. The largest absolute Gasteiger partial charge is 0.457 e. The Morgan fingerprint density at radius 2 is 1.74 bits per heavy atom. The number of para-hydroxylation sites is 1. The molecule has 27 heavy (non-hydrogen) atoms. The van der Waals surface area contributed by atoms with E-state index in [1.807, 2.05) is 42.5 Å². The topological polar surface area (TPSA) is 81.1 Å². The SMILES string of the molecule is O=C(Nc1ccc(Oc2ccccc2)cc1)c1cn(C2CCNCC2)nn1. The standard InChI is InChI=1S/C20H21N5O2/c26-20(19-14-25(24-23-19)16-10-12-21-13-11-16)22-15-6-8-18(9-7-15)27-17-4-2-1-3-5-17/h1-9,14,16,21H,10-13H2,(H,22,26). The van der Waals surface area contributed by atoms with Gasteiger partial charge in [0, 0.05) is 5.69 Å². The fourth-order valence-corrected chi connectivity index (χ4v) is 3.06. The van der Waals surface area contributed by atoms with E-state index < -0.39 is 0 Å². The first kappa shape index (κ1) is 17.2.